The highest BCUT2D eigenvalue weighted by Gasteiger charge is 2.12. The van der Waals surface area contributed by atoms with E-state index in [-0.39, 0.29) is 18.1 Å². The lowest BCUT2D eigenvalue weighted by atomic mass is 10.2. The largest absolute Gasteiger partial charge is 0.436 e. The number of nitrogens with one attached hydrogen (secondary N) is 1. The van der Waals surface area contributed by atoms with E-state index in [0.717, 1.165) is 16.7 Å². The maximum absolute atomic E-state index is 13.0. The van der Waals surface area contributed by atoms with Crippen LogP contribution >= 0.6 is 0 Å². The summed E-state index contributed by atoms with van der Waals surface area (Å²) in [5.74, 6) is 0.704. The van der Waals surface area contributed by atoms with Gasteiger partial charge in [0.1, 0.15) is 11.3 Å². The Kier molecular flexibility index (Phi) is 5.17. The summed E-state index contributed by atoms with van der Waals surface area (Å²) in [4.78, 5) is 21.0. The first kappa shape index (κ1) is 19.6. The molecule has 0 atom stereocenters. The molecule has 2 heterocycles. The van der Waals surface area contributed by atoms with E-state index in [1.54, 1.807) is 24.3 Å². The lowest BCUT2D eigenvalue weighted by molar-refractivity contribution is -0.116. The molecule has 8 heteroatoms. The molecule has 0 saturated carbocycles. The van der Waals surface area contributed by atoms with E-state index < -0.39 is 0 Å². The number of anilines is 1. The third-order valence-corrected chi connectivity index (χ3v) is 4.85. The van der Waals surface area contributed by atoms with Gasteiger partial charge >= 0.3 is 0 Å². The first-order chi connectivity index (χ1) is 15.6. The molecule has 0 aliphatic carbocycles. The van der Waals surface area contributed by atoms with Crippen LogP contribution in [-0.2, 0) is 11.2 Å². The van der Waals surface area contributed by atoms with E-state index >= 15 is 0 Å². The summed E-state index contributed by atoms with van der Waals surface area (Å²) in [6, 6.07) is 20.6. The second-order valence-corrected chi connectivity index (χ2v) is 7.13. The predicted molar refractivity (Wildman–Crippen MR) is 116 cm³/mol. The number of aromatic nitrogens is 3. The fraction of sp³-hybridized carbons (Fsp3) is 0.0833. The molecule has 1 amide bonds. The van der Waals surface area contributed by atoms with Gasteiger partial charge in [0.15, 0.2) is 5.58 Å². The second-order valence-electron chi connectivity index (χ2n) is 7.13. The number of rotatable bonds is 6. The Morgan fingerprint density at radius 2 is 1.66 bits per heavy atom. The number of hydrogen-bond donors (Lipinski definition) is 1. The quantitative estimate of drug-likeness (QED) is 0.397. The summed E-state index contributed by atoms with van der Waals surface area (Å²) in [5.41, 5.74) is 3.64. The van der Waals surface area contributed by atoms with Crippen molar-refractivity contribution in [3.05, 3.63) is 84.5 Å². The zero-order valence-corrected chi connectivity index (χ0v) is 16.8. The van der Waals surface area contributed by atoms with Crippen LogP contribution in [0, 0.1) is 5.82 Å². The molecule has 0 bridgehead atoms. The molecule has 5 aromatic rings. The highest BCUT2D eigenvalue weighted by atomic mass is 19.1. The second kappa shape index (κ2) is 8.43. The van der Waals surface area contributed by atoms with Crippen LogP contribution in [0.15, 0.2) is 81.7 Å². The normalized spacial score (nSPS) is 11.0. The number of halogens is 1. The molecule has 2 aromatic heterocycles. The number of oxazole rings is 1. The van der Waals surface area contributed by atoms with Crippen LogP contribution in [0.1, 0.15) is 12.3 Å². The molecular weight excluding hydrogens is 411 g/mol. The topological polar surface area (TPSA) is 94.0 Å². The minimum atomic E-state index is -0.337. The lowest BCUT2D eigenvalue weighted by Gasteiger charge is -2.04. The fourth-order valence-corrected chi connectivity index (χ4v) is 3.21. The van der Waals surface area contributed by atoms with Crippen molar-refractivity contribution in [3.8, 4) is 22.8 Å². The number of carbonyl (C=O) groups excluding carboxylic acids is 1. The van der Waals surface area contributed by atoms with Gasteiger partial charge < -0.3 is 14.3 Å². The highest BCUT2D eigenvalue weighted by molar-refractivity contribution is 5.91. The van der Waals surface area contributed by atoms with Crippen LogP contribution in [-0.4, -0.2) is 21.0 Å². The Bertz CT molecular complexity index is 1340. The molecule has 0 unspecified atom stereocenters. The van der Waals surface area contributed by atoms with Crippen LogP contribution in [0.4, 0.5) is 10.1 Å². The molecule has 0 aliphatic heterocycles. The molecule has 0 fully saturated rings. The maximum atomic E-state index is 13.0. The summed E-state index contributed by atoms with van der Waals surface area (Å²) < 4.78 is 24.0. The summed E-state index contributed by atoms with van der Waals surface area (Å²) in [5, 5.41) is 6.72. The number of benzene rings is 3. The van der Waals surface area contributed by atoms with Gasteiger partial charge in [-0.2, -0.15) is 4.98 Å². The molecule has 1 N–H and O–H groups in total. The van der Waals surface area contributed by atoms with Crippen molar-refractivity contribution in [2.45, 2.75) is 12.8 Å². The average Bonchev–Trinajstić information content (AvgIpc) is 3.46. The van der Waals surface area contributed by atoms with Gasteiger partial charge in [0.2, 0.25) is 23.5 Å². The van der Waals surface area contributed by atoms with Gasteiger partial charge in [-0.05, 0) is 60.7 Å². The Morgan fingerprint density at radius 3 is 2.44 bits per heavy atom. The smallest absolute Gasteiger partial charge is 0.227 e. The van der Waals surface area contributed by atoms with Gasteiger partial charge in [0, 0.05) is 29.7 Å². The number of fused-ring (bicyclic) bond motifs is 1. The van der Waals surface area contributed by atoms with Gasteiger partial charge in [-0.15, -0.1) is 0 Å². The number of amides is 1. The minimum Gasteiger partial charge on any atom is -0.436 e. The van der Waals surface area contributed by atoms with Crippen molar-refractivity contribution < 1.29 is 18.1 Å². The number of nitrogens with zero attached hydrogens (tertiary/aromatic N) is 3. The molecule has 0 radical (unpaired) electrons. The van der Waals surface area contributed by atoms with E-state index in [2.05, 4.69) is 20.4 Å². The zero-order valence-electron chi connectivity index (χ0n) is 16.8. The molecule has 5 rings (SSSR count). The predicted octanol–water partition coefficient (Wildman–Crippen LogP) is 5.26. The van der Waals surface area contributed by atoms with Crippen molar-refractivity contribution in [3.63, 3.8) is 0 Å². The number of aryl methyl sites for hydroxylation is 1. The van der Waals surface area contributed by atoms with Gasteiger partial charge in [-0.1, -0.05) is 17.3 Å². The number of carbonyl (C=O) groups is 1. The van der Waals surface area contributed by atoms with Gasteiger partial charge in [-0.3, -0.25) is 4.79 Å². The fourth-order valence-electron chi connectivity index (χ4n) is 3.21. The molecule has 7 nitrogen and oxygen atoms in total. The van der Waals surface area contributed by atoms with Crippen LogP contribution in [0.2, 0.25) is 0 Å². The summed E-state index contributed by atoms with van der Waals surface area (Å²) in [7, 11) is 0. The Labute approximate surface area is 181 Å². The molecule has 158 valence electrons. The van der Waals surface area contributed by atoms with Crippen molar-refractivity contribution in [2.75, 3.05) is 5.32 Å². The number of para-hydroxylation sites is 2. The summed E-state index contributed by atoms with van der Waals surface area (Å²) in [6.07, 6.45) is 0.471. The SMILES string of the molecule is O=C(CCc1nc(-c2ccc(F)cc2)no1)Nc1ccc(-c2nc3ccccc3o2)cc1. The Morgan fingerprint density at radius 1 is 0.906 bits per heavy atom. The maximum Gasteiger partial charge on any atom is 0.227 e. The Balaban J connectivity index is 1.18. The van der Waals surface area contributed by atoms with Crippen LogP contribution in [0.5, 0.6) is 0 Å². The first-order valence-corrected chi connectivity index (χ1v) is 9.98. The van der Waals surface area contributed by atoms with Crippen molar-refractivity contribution in [1.29, 1.82) is 0 Å². The van der Waals surface area contributed by atoms with Gasteiger partial charge in [-0.25, -0.2) is 9.37 Å². The summed E-state index contributed by atoms with van der Waals surface area (Å²) in [6.45, 7) is 0. The van der Waals surface area contributed by atoms with Crippen molar-refractivity contribution in [1.82, 2.24) is 15.1 Å². The van der Waals surface area contributed by atoms with Crippen LogP contribution in [0.25, 0.3) is 33.9 Å². The molecular formula is C24H17FN4O3. The molecule has 3 aromatic carbocycles. The Hall–Kier alpha value is -4.33. The van der Waals surface area contributed by atoms with E-state index in [1.807, 2.05) is 36.4 Å². The molecule has 0 aliphatic rings. The third-order valence-electron chi connectivity index (χ3n) is 4.85. The van der Waals surface area contributed by atoms with Crippen LogP contribution < -0.4 is 5.32 Å². The first-order valence-electron chi connectivity index (χ1n) is 9.98. The monoisotopic (exact) mass is 428 g/mol. The molecule has 0 saturated heterocycles. The van der Waals surface area contributed by atoms with Crippen molar-refractivity contribution >= 4 is 22.7 Å². The lowest BCUT2D eigenvalue weighted by Crippen LogP contribution is -2.12. The zero-order chi connectivity index (χ0) is 21.9. The minimum absolute atomic E-state index is 0.179. The molecule has 32 heavy (non-hydrogen) atoms. The average molecular weight is 428 g/mol. The standard InChI is InChI=1S/C24H17FN4O3/c25-17-9-5-15(6-10-17)23-28-22(32-29-23)14-13-21(30)26-18-11-7-16(8-12-18)24-27-19-3-1-2-4-20(19)31-24/h1-12H,13-14H2,(H,26,30). The van der Waals surface area contributed by atoms with E-state index in [0.29, 0.717) is 35.3 Å². The summed E-state index contributed by atoms with van der Waals surface area (Å²) >= 11 is 0. The van der Waals surface area contributed by atoms with E-state index in [1.165, 1.54) is 12.1 Å². The third kappa shape index (κ3) is 4.24. The van der Waals surface area contributed by atoms with Crippen LogP contribution in [0.3, 0.4) is 0 Å². The highest BCUT2D eigenvalue weighted by Crippen LogP contribution is 2.25. The van der Waals surface area contributed by atoms with Gasteiger partial charge in [0.05, 0.1) is 0 Å². The van der Waals surface area contributed by atoms with E-state index in [4.69, 9.17) is 8.94 Å². The van der Waals surface area contributed by atoms with Crippen molar-refractivity contribution in [2.24, 2.45) is 0 Å². The van der Waals surface area contributed by atoms with Gasteiger partial charge in [0.25, 0.3) is 0 Å². The molecule has 0 spiro atoms. The van der Waals surface area contributed by atoms with E-state index in [9.17, 15) is 9.18 Å². The number of hydrogen-bond acceptors (Lipinski definition) is 6.